The molecule has 1 saturated heterocycles. The van der Waals surface area contributed by atoms with Crippen molar-refractivity contribution in [2.75, 3.05) is 18.0 Å². The van der Waals surface area contributed by atoms with Crippen molar-refractivity contribution in [3.05, 3.63) is 54.1 Å². The molecule has 1 aliphatic heterocycles. The molecule has 24 heavy (non-hydrogen) atoms. The maximum absolute atomic E-state index is 13.1. The molecule has 0 saturated carbocycles. The molecule has 3 aromatic rings. The van der Waals surface area contributed by atoms with Gasteiger partial charge >= 0.3 is 0 Å². The van der Waals surface area contributed by atoms with Crippen LogP contribution in [0.2, 0.25) is 0 Å². The third-order valence-corrected chi connectivity index (χ3v) is 6.09. The maximum Gasteiger partial charge on any atom is 0.283 e. The van der Waals surface area contributed by atoms with Crippen LogP contribution in [0.1, 0.15) is 18.4 Å². The Labute approximate surface area is 141 Å². The van der Waals surface area contributed by atoms with Crippen molar-refractivity contribution in [1.29, 1.82) is 0 Å². The van der Waals surface area contributed by atoms with Crippen molar-refractivity contribution in [2.24, 2.45) is 0 Å². The van der Waals surface area contributed by atoms with Gasteiger partial charge in [-0.1, -0.05) is 29.8 Å². The van der Waals surface area contributed by atoms with Gasteiger partial charge in [-0.15, -0.1) is 5.10 Å². The van der Waals surface area contributed by atoms with Crippen molar-refractivity contribution in [2.45, 2.75) is 24.7 Å². The van der Waals surface area contributed by atoms with Crippen molar-refractivity contribution >= 4 is 26.7 Å². The highest BCUT2D eigenvalue weighted by Gasteiger charge is 2.25. The summed E-state index contributed by atoms with van der Waals surface area (Å²) in [6.07, 6.45) is 2.23. The summed E-state index contributed by atoms with van der Waals surface area (Å²) in [6, 6.07) is 14.4. The first kappa shape index (κ1) is 15.2. The lowest BCUT2D eigenvalue weighted by Crippen LogP contribution is -2.20. The fourth-order valence-electron chi connectivity index (χ4n) is 3.18. The van der Waals surface area contributed by atoms with Gasteiger partial charge in [0, 0.05) is 18.5 Å². The van der Waals surface area contributed by atoms with E-state index in [4.69, 9.17) is 0 Å². The van der Waals surface area contributed by atoms with Gasteiger partial charge in [0.25, 0.3) is 10.0 Å². The van der Waals surface area contributed by atoms with Gasteiger partial charge in [-0.3, -0.25) is 0 Å². The Morgan fingerprint density at radius 2 is 1.62 bits per heavy atom. The van der Waals surface area contributed by atoms with E-state index in [1.54, 1.807) is 24.3 Å². The second kappa shape index (κ2) is 5.63. The molecule has 5 nitrogen and oxygen atoms in total. The predicted molar refractivity (Wildman–Crippen MR) is 94.9 cm³/mol. The normalized spacial score (nSPS) is 15.3. The van der Waals surface area contributed by atoms with E-state index in [1.165, 1.54) is 4.09 Å². The summed E-state index contributed by atoms with van der Waals surface area (Å²) < 4.78 is 27.3. The second-order valence-electron chi connectivity index (χ2n) is 6.20. The molecule has 1 aromatic heterocycles. The molecule has 1 fully saturated rings. The maximum atomic E-state index is 13.1. The number of para-hydroxylation sites is 1. The molecule has 0 aliphatic carbocycles. The summed E-state index contributed by atoms with van der Waals surface area (Å²) in [5.74, 6) is 0.763. The highest BCUT2D eigenvalue weighted by atomic mass is 32.2. The van der Waals surface area contributed by atoms with Gasteiger partial charge in [0.05, 0.1) is 10.4 Å². The summed E-state index contributed by atoms with van der Waals surface area (Å²) in [5.41, 5.74) is 1.65. The Kier molecular flexibility index (Phi) is 3.57. The smallest absolute Gasteiger partial charge is 0.283 e. The molecule has 0 bridgehead atoms. The Morgan fingerprint density at radius 3 is 2.33 bits per heavy atom. The highest BCUT2D eigenvalue weighted by Crippen LogP contribution is 2.30. The predicted octanol–water partition coefficient (Wildman–Crippen LogP) is 3.18. The minimum Gasteiger partial charge on any atom is -0.355 e. The summed E-state index contributed by atoms with van der Waals surface area (Å²) in [6.45, 7) is 3.78. The fourth-order valence-corrected chi connectivity index (χ4v) is 4.46. The summed E-state index contributed by atoms with van der Waals surface area (Å²) in [7, 11) is -3.71. The van der Waals surface area contributed by atoms with Crippen LogP contribution in [0.15, 0.2) is 53.4 Å². The molecule has 0 N–H and O–H groups in total. The zero-order valence-electron chi connectivity index (χ0n) is 13.5. The Morgan fingerprint density at radius 1 is 0.958 bits per heavy atom. The molecule has 1 aliphatic rings. The first-order valence-corrected chi connectivity index (χ1v) is 9.56. The van der Waals surface area contributed by atoms with E-state index in [-0.39, 0.29) is 4.90 Å². The topological polar surface area (TPSA) is 55.2 Å². The number of aromatic nitrogens is 2. The minimum absolute atomic E-state index is 0.259. The Hall–Kier alpha value is -2.34. The van der Waals surface area contributed by atoms with Crippen molar-refractivity contribution < 1.29 is 8.42 Å². The zero-order valence-corrected chi connectivity index (χ0v) is 14.3. The first-order chi connectivity index (χ1) is 11.6. The van der Waals surface area contributed by atoms with Crippen LogP contribution < -0.4 is 4.90 Å². The van der Waals surface area contributed by atoms with E-state index < -0.39 is 10.0 Å². The Bertz CT molecular complexity index is 985. The van der Waals surface area contributed by atoms with E-state index in [9.17, 15) is 8.42 Å². The molecular weight excluding hydrogens is 322 g/mol. The van der Waals surface area contributed by atoms with E-state index in [2.05, 4.69) is 10.00 Å². The monoisotopic (exact) mass is 341 g/mol. The van der Waals surface area contributed by atoms with E-state index in [0.717, 1.165) is 42.7 Å². The standard InChI is InChI=1S/C18H19N3O2S/c1-14-8-10-15(11-9-14)24(22,23)21-17-7-3-2-6-16(17)18(19-21)20-12-4-5-13-20/h2-3,6-11H,4-5,12-13H2,1H3. The highest BCUT2D eigenvalue weighted by molar-refractivity contribution is 7.90. The Balaban J connectivity index is 1.91. The van der Waals surface area contributed by atoms with E-state index in [0.29, 0.717) is 5.52 Å². The minimum atomic E-state index is -3.71. The van der Waals surface area contributed by atoms with Gasteiger partial charge in [0.1, 0.15) is 0 Å². The molecule has 2 heterocycles. The number of anilines is 1. The van der Waals surface area contributed by atoms with Crippen LogP contribution in [-0.2, 0) is 10.0 Å². The van der Waals surface area contributed by atoms with E-state index in [1.807, 2.05) is 31.2 Å². The van der Waals surface area contributed by atoms with Crippen LogP contribution in [0.5, 0.6) is 0 Å². The third-order valence-electron chi connectivity index (χ3n) is 4.49. The number of fused-ring (bicyclic) bond motifs is 1. The van der Waals surface area contributed by atoms with Crippen LogP contribution in [-0.4, -0.2) is 30.7 Å². The number of aryl methyl sites for hydroxylation is 1. The average molecular weight is 341 g/mol. The molecule has 124 valence electrons. The second-order valence-corrected chi connectivity index (χ2v) is 7.96. The van der Waals surface area contributed by atoms with Crippen LogP contribution in [0, 0.1) is 6.92 Å². The summed E-state index contributed by atoms with van der Waals surface area (Å²) in [5, 5.41) is 5.38. The molecule has 0 atom stereocenters. The van der Waals surface area contributed by atoms with Crippen molar-refractivity contribution in [1.82, 2.24) is 9.19 Å². The number of hydrogen-bond donors (Lipinski definition) is 0. The number of rotatable bonds is 3. The van der Waals surface area contributed by atoms with Gasteiger partial charge in [0.2, 0.25) is 0 Å². The van der Waals surface area contributed by atoms with Crippen LogP contribution in [0.4, 0.5) is 5.82 Å². The van der Waals surface area contributed by atoms with Gasteiger partial charge in [-0.05, 0) is 44.0 Å². The van der Waals surface area contributed by atoms with Crippen LogP contribution in [0.25, 0.3) is 10.9 Å². The van der Waals surface area contributed by atoms with Crippen molar-refractivity contribution in [3.63, 3.8) is 0 Å². The quantitative estimate of drug-likeness (QED) is 0.734. The van der Waals surface area contributed by atoms with E-state index >= 15 is 0 Å². The summed E-state index contributed by atoms with van der Waals surface area (Å²) in [4.78, 5) is 2.43. The SMILES string of the molecule is Cc1ccc(S(=O)(=O)n2nc(N3CCCC3)c3ccccc32)cc1. The van der Waals surface area contributed by atoms with Crippen molar-refractivity contribution in [3.8, 4) is 0 Å². The first-order valence-electron chi connectivity index (χ1n) is 8.12. The van der Waals surface area contributed by atoms with Gasteiger partial charge in [-0.25, -0.2) is 0 Å². The average Bonchev–Trinajstić information content (AvgIpc) is 3.23. The van der Waals surface area contributed by atoms with Gasteiger partial charge in [-0.2, -0.15) is 12.5 Å². The lowest BCUT2D eigenvalue weighted by atomic mass is 10.2. The van der Waals surface area contributed by atoms with Gasteiger partial charge in [0.15, 0.2) is 5.82 Å². The molecular formula is C18H19N3O2S. The lowest BCUT2D eigenvalue weighted by Gasteiger charge is -2.14. The number of benzene rings is 2. The fraction of sp³-hybridized carbons (Fsp3) is 0.278. The molecule has 0 radical (unpaired) electrons. The van der Waals surface area contributed by atoms with Gasteiger partial charge < -0.3 is 4.90 Å². The van der Waals surface area contributed by atoms with Crippen LogP contribution in [0.3, 0.4) is 0 Å². The molecule has 2 aromatic carbocycles. The molecule has 0 unspecified atom stereocenters. The largest absolute Gasteiger partial charge is 0.355 e. The molecule has 4 rings (SSSR count). The lowest BCUT2D eigenvalue weighted by molar-refractivity contribution is 0.582. The molecule has 0 amide bonds. The molecule has 6 heteroatoms. The zero-order chi connectivity index (χ0) is 16.7. The molecule has 0 spiro atoms. The number of nitrogens with zero attached hydrogens (tertiary/aromatic N) is 3. The number of hydrogen-bond acceptors (Lipinski definition) is 4. The summed E-state index contributed by atoms with van der Waals surface area (Å²) >= 11 is 0. The van der Waals surface area contributed by atoms with Crippen LogP contribution >= 0.6 is 0 Å². The third kappa shape index (κ3) is 2.38.